The van der Waals surface area contributed by atoms with Crippen molar-refractivity contribution in [3.05, 3.63) is 41.7 Å². The molecule has 1 aromatic rings. The van der Waals surface area contributed by atoms with Crippen LogP contribution in [0.15, 0.2) is 41.0 Å². The van der Waals surface area contributed by atoms with Crippen LogP contribution in [0.4, 0.5) is 0 Å². The summed E-state index contributed by atoms with van der Waals surface area (Å²) in [5, 5.41) is 3.19. The summed E-state index contributed by atoms with van der Waals surface area (Å²) in [5.41, 5.74) is 1.08. The largest absolute Gasteiger partial charge is 0.327 e. The molecule has 0 saturated carbocycles. The molecule has 4 heteroatoms. The number of amidine groups is 1. The number of pyridine rings is 1. The summed E-state index contributed by atoms with van der Waals surface area (Å²) in [6, 6.07) is 6.26. The summed E-state index contributed by atoms with van der Waals surface area (Å²) < 4.78 is 0. The zero-order valence-electron chi connectivity index (χ0n) is 8.21. The normalized spacial score (nSPS) is 23.9. The molecule has 3 nitrogen and oxygen atoms in total. The molecule has 0 bridgehead atoms. The summed E-state index contributed by atoms with van der Waals surface area (Å²) >= 11 is 1.69. The van der Waals surface area contributed by atoms with E-state index in [0.29, 0.717) is 0 Å². The number of rotatable bonds is 1. The van der Waals surface area contributed by atoms with Gasteiger partial charge in [-0.1, -0.05) is 17.8 Å². The second-order valence-corrected chi connectivity index (χ2v) is 4.44. The van der Waals surface area contributed by atoms with Crippen LogP contribution in [-0.4, -0.2) is 21.6 Å². The molecule has 3 heterocycles. The number of thioether (sulfide) groups is 1. The Balaban J connectivity index is 1.88. The third-order valence-electron chi connectivity index (χ3n) is 2.60. The van der Waals surface area contributed by atoms with E-state index in [1.54, 1.807) is 11.8 Å². The number of hydrogen-bond acceptors (Lipinski definition) is 4. The Morgan fingerprint density at radius 1 is 1.40 bits per heavy atom. The van der Waals surface area contributed by atoms with Crippen LogP contribution in [0.1, 0.15) is 18.2 Å². The fourth-order valence-corrected chi connectivity index (χ4v) is 2.62. The van der Waals surface area contributed by atoms with E-state index in [1.165, 1.54) is 0 Å². The van der Waals surface area contributed by atoms with Gasteiger partial charge in [0, 0.05) is 18.9 Å². The number of aromatic nitrogens is 1. The third-order valence-corrected chi connectivity index (χ3v) is 3.41. The van der Waals surface area contributed by atoms with Crippen LogP contribution in [0.3, 0.4) is 0 Å². The van der Waals surface area contributed by atoms with Gasteiger partial charge in [0.05, 0.1) is 11.7 Å². The number of nitrogens with zero attached hydrogens (tertiary/aromatic N) is 3. The highest BCUT2D eigenvalue weighted by molar-refractivity contribution is 8.16. The average molecular weight is 217 g/mol. The third kappa shape index (κ3) is 1.65. The van der Waals surface area contributed by atoms with Crippen LogP contribution >= 0.6 is 11.8 Å². The van der Waals surface area contributed by atoms with E-state index in [1.807, 2.05) is 18.3 Å². The predicted octanol–water partition coefficient (Wildman–Crippen LogP) is 2.40. The summed E-state index contributed by atoms with van der Waals surface area (Å²) in [6.07, 6.45) is 4.98. The van der Waals surface area contributed by atoms with E-state index in [0.717, 1.165) is 23.8 Å². The lowest BCUT2D eigenvalue weighted by Gasteiger charge is -2.25. The standard InChI is InChI=1S/C11H11N3S/c1-2-5-12-9(3-1)10-4-6-14-7-8-15-11(14)13-10/h1-3,5,7-8,10H,4,6H2. The van der Waals surface area contributed by atoms with Crippen molar-refractivity contribution < 1.29 is 0 Å². The molecule has 0 amide bonds. The molecule has 0 fully saturated rings. The zero-order valence-corrected chi connectivity index (χ0v) is 9.02. The van der Waals surface area contributed by atoms with Gasteiger partial charge in [-0.15, -0.1) is 0 Å². The minimum Gasteiger partial charge on any atom is -0.327 e. The number of hydrogen-bond donors (Lipinski definition) is 0. The molecule has 0 spiro atoms. The molecule has 3 rings (SSSR count). The maximum absolute atomic E-state index is 4.69. The minimum absolute atomic E-state index is 0.241. The summed E-state index contributed by atoms with van der Waals surface area (Å²) in [5.74, 6) is 0. The van der Waals surface area contributed by atoms with Crippen LogP contribution in [0.25, 0.3) is 0 Å². The Kier molecular flexibility index (Phi) is 2.21. The summed E-state index contributed by atoms with van der Waals surface area (Å²) in [7, 11) is 0. The fourth-order valence-electron chi connectivity index (χ4n) is 1.82. The highest BCUT2D eigenvalue weighted by Crippen LogP contribution is 2.31. The van der Waals surface area contributed by atoms with E-state index in [2.05, 4.69) is 27.6 Å². The molecule has 0 aromatic carbocycles. The van der Waals surface area contributed by atoms with E-state index < -0.39 is 0 Å². The van der Waals surface area contributed by atoms with Gasteiger partial charge >= 0.3 is 0 Å². The molecule has 1 aromatic heterocycles. The van der Waals surface area contributed by atoms with Crippen molar-refractivity contribution >= 4 is 16.9 Å². The van der Waals surface area contributed by atoms with Gasteiger partial charge in [0.1, 0.15) is 0 Å². The van der Waals surface area contributed by atoms with Gasteiger partial charge in [0.25, 0.3) is 0 Å². The molecule has 1 atom stereocenters. The molecule has 0 aliphatic carbocycles. The molecule has 2 aliphatic heterocycles. The molecular formula is C11H11N3S. The van der Waals surface area contributed by atoms with Crippen molar-refractivity contribution in [3.63, 3.8) is 0 Å². The Morgan fingerprint density at radius 3 is 3.27 bits per heavy atom. The van der Waals surface area contributed by atoms with Gasteiger partial charge < -0.3 is 4.90 Å². The van der Waals surface area contributed by atoms with E-state index in [4.69, 9.17) is 4.99 Å². The van der Waals surface area contributed by atoms with Crippen LogP contribution in [0, 0.1) is 0 Å². The number of aliphatic imine (C=N–C) groups is 1. The first-order valence-electron chi connectivity index (χ1n) is 5.02. The SMILES string of the molecule is C1=CN2CCC(c3ccccn3)N=C2S1. The van der Waals surface area contributed by atoms with E-state index in [9.17, 15) is 0 Å². The Hall–Kier alpha value is -1.29. The molecule has 0 N–H and O–H groups in total. The lowest BCUT2D eigenvalue weighted by atomic mass is 10.1. The van der Waals surface area contributed by atoms with Gasteiger partial charge in [0.15, 0.2) is 5.17 Å². The molecule has 0 radical (unpaired) electrons. The zero-order chi connectivity index (χ0) is 10.1. The first kappa shape index (κ1) is 8.97. The Bertz CT molecular complexity index is 413. The summed E-state index contributed by atoms with van der Waals surface area (Å²) in [6.45, 7) is 1.05. The summed E-state index contributed by atoms with van der Waals surface area (Å²) in [4.78, 5) is 11.3. The maximum Gasteiger partial charge on any atom is 0.168 e. The maximum atomic E-state index is 4.69. The molecular weight excluding hydrogens is 206 g/mol. The molecule has 0 saturated heterocycles. The lowest BCUT2D eigenvalue weighted by Crippen LogP contribution is -2.27. The first-order chi connectivity index (χ1) is 7.43. The van der Waals surface area contributed by atoms with Crippen molar-refractivity contribution in [2.45, 2.75) is 12.5 Å². The van der Waals surface area contributed by atoms with Gasteiger partial charge in [0.2, 0.25) is 0 Å². The fraction of sp³-hybridized carbons (Fsp3) is 0.273. The monoisotopic (exact) mass is 217 g/mol. The molecule has 76 valence electrons. The quantitative estimate of drug-likeness (QED) is 0.723. The average Bonchev–Trinajstić information content (AvgIpc) is 2.77. The van der Waals surface area contributed by atoms with Gasteiger partial charge in [-0.3, -0.25) is 9.98 Å². The topological polar surface area (TPSA) is 28.5 Å². The Morgan fingerprint density at radius 2 is 2.40 bits per heavy atom. The van der Waals surface area contributed by atoms with E-state index >= 15 is 0 Å². The minimum atomic E-state index is 0.241. The van der Waals surface area contributed by atoms with Crippen molar-refractivity contribution in [1.82, 2.24) is 9.88 Å². The smallest absolute Gasteiger partial charge is 0.168 e. The van der Waals surface area contributed by atoms with Gasteiger partial charge in [-0.2, -0.15) is 0 Å². The molecule has 2 aliphatic rings. The first-order valence-corrected chi connectivity index (χ1v) is 5.90. The van der Waals surface area contributed by atoms with Gasteiger partial charge in [-0.25, -0.2) is 0 Å². The van der Waals surface area contributed by atoms with Crippen LogP contribution in [0.2, 0.25) is 0 Å². The number of fused-ring (bicyclic) bond motifs is 1. The Labute approximate surface area is 92.9 Å². The second-order valence-electron chi connectivity index (χ2n) is 3.57. The lowest BCUT2D eigenvalue weighted by molar-refractivity contribution is 0.462. The second kappa shape index (κ2) is 3.70. The van der Waals surface area contributed by atoms with Crippen molar-refractivity contribution in [2.75, 3.05) is 6.54 Å². The van der Waals surface area contributed by atoms with E-state index in [-0.39, 0.29) is 6.04 Å². The predicted molar refractivity (Wildman–Crippen MR) is 62.5 cm³/mol. The van der Waals surface area contributed by atoms with Crippen LogP contribution in [-0.2, 0) is 0 Å². The van der Waals surface area contributed by atoms with Crippen LogP contribution in [0.5, 0.6) is 0 Å². The van der Waals surface area contributed by atoms with Crippen molar-refractivity contribution in [2.24, 2.45) is 4.99 Å². The van der Waals surface area contributed by atoms with Gasteiger partial charge in [-0.05, 0) is 24.0 Å². The molecule has 15 heavy (non-hydrogen) atoms. The highest BCUT2D eigenvalue weighted by Gasteiger charge is 2.24. The molecule has 1 unspecified atom stereocenters. The van der Waals surface area contributed by atoms with Crippen LogP contribution < -0.4 is 0 Å². The van der Waals surface area contributed by atoms with Crippen molar-refractivity contribution in [3.8, 4) is 0 Å². The highest BCUT2D eigenvalue weighted by atomic mass is 32.2. The van der Waals surface area contributed by atoms with Crippen molar-refractivity contribution in [1.29, 1.82) is 0 Å².